The smallest absolute Gasteiger partial charge is 0.419 e. The van der Waals surface area contributed by atoms with Gasteiger partial charge in [0.2, 0.25) is 0 Å². The van der Waals surface area contributed by atoms with E-state index in [-0.39, 0.29) is 0 Å². The van der Waals surface area contributed by atoms with Crippen molar-refractivity contribution >= 4 is 27.6 Å². The Balaban J connectivity index is 2.38. The first kappa shape index (κ1) is 10.5. The monoisotopic (exact) mass is 250 g/mol. The molecule has 2 heterocycles. The van der Waals surface area contributed by atoms with E-state index in [2.05, 4.69) is 4.98 Å². The second kappa shape index (κ2) is 3.66. The lowest BCUT2D eigenvalue weighted by Gasteiger charge is -2.09. The molecule has 6 heteroatoms. The van der Waals surface area contributed by atoms with Crippen LogP contribution in [0.25, 0.3) is 10.2 Å². The molecule has 0 unspecified atom stereocenters. The number of aryl methyl sites for hydroxylation is 2. The molecule has 88 valence electrons. The minimum Gasteiger partial charge on any atom is -0.464 e. The molecule has 1 aliphatic rings. The minimum absolute atomic E-state index is 0.457. The van der Waals surface area contributed by atoms with E-state index in [4.69, 9.17) is 5.11 Å². The number of thiophene rings is 1. The van der Waals surface area contributed by atoms with E-state index in [0.29, 0.717) is 14.8 Å². The van der Waals surface area contributed by atoms with Crippen molar-refractivity contribution in [2.45, 2.75) is 25.7 Å². The highest BCUT2D eigenvalue weighted by Crippen LogP contribution is 2.33. The molecule has 0 fully saturated rings. The van der Waals surface area contributed by atoms with Crippen LogP contribution in [0.2, 0.25) is 0 Å². The lowest BCUT2D eigenvalue weighted by Crippen LogP contribution is -2.26. The van der Waals surface area contributed by atoms with Crippen LogP contribution in [-0.4, -0.2) is 20.8 Å². The van der Waals surface area contributed by atoms with Gasteiger partial charge in [0.15, 0.2) is 0 Å². The Morgan fingerprint density at radius 3 is 2.94 bits per heavy atom. The van der Waals surface area contributed by atoms with Crippen LogP contribution in [0.3, 0.4) is 0 Å². The number of hydrogen-bond donors (Lipinski definition) is 1. The second-order valence-electron chi connectivity index (χ2n) is 4.09. The summed E-state index contributed by atoms with van der Waals surface area (Å²) in [5.74, 6) is 0. The molecule has 5 nitrogen and oxygen atoms in total. The topological polar surface area (TPSA) is 72.2 Å². The van der Waals surface area contributed by atoms with Gasteiger partial charge in [0.25, 0.3) is 5.56 Å². The zero-order valence-corrected chi connectivity index (χ0v) is 9.79. The lowest BCUT2D eigenvalue weighted by atomic mass is 9.97. The highest BCUT2D eigenvalue weighted by Gasteiger charge is 2.20. The first-order valence-corrected chi connectivity index (χ1v) is 6.25. The van der Waals surface area contributed by atoms with Crippen LogP contribution in [0.5, 0.6) is 0 Å². The number of hydrogen-bond acceptors (Lipinski definition) is 4. The van der Waals surface area contributed by atoms with Gasteiger partial charge in [-0.1, -0.05) is 0 Å². The van der Waals surface area contributed by atoms with Crippen LogP contribution in [0.1, 0.15) is 23.3 Å². The van der Waals surface area contributed by atoms with Crippen LogP contribution >= 0.6 is 11.3 Å². The fourth-order valence-electron chi connectivity index (χ4n) is 2.28. The Labute approximate surface area is 100 Å². The number of carboxylic acid groups (broad SMARTS) is 1. The predicted octanol–water partition coefficient (Wildman–Crippen LogP) is 1.86. The fourth-order valence-corrected chi connectivity index (χ4v) is 3.50. The molecule has 2 aromatic rings. The van der Waals surface area contributed by atoms with Crippen molar-refractivity contribution in [2.24, 2.45) is 0 Å². The van der Waals surface area contributed by atoms with Crippen molar-refractivity contribution in [2.75, 3.05) is 0 Å². The van der Waals surface area contributed by atoms with Crippen molar-refractivity contribution in [3.63, 3.8) is 0 Å². The summed E-state index contributed by atoms with van der Waals surface area (Å²) in [6.07, 6.45) is 3.83. The number of nitrogens with zero attached hydrogens (tertiary/aromatic N) is 2. The Kier molecular flexibility index (Phi) is 2.25. The molecule has 2 aromatic heterocycles. The quantitative estimate of drug-likeness (QED) is 0.774. The van der Waals surface area contributed by atoms with Gasteiger partial charge in [0, 0.05) is 4.88 Å². The van der Waals surface area contributed by atoms with Crippen LogP contribution in [0.15, 0.2) is 11.1 Å². The molecular formula is C11H10N2O3S. The largest absolute Gasteiger partial charge is 0.464 e. The first-order valence-electron chi connectivity index (χ1n) is 5.43. The molecular weight excluding hydrogens is 240 g/mol. The molecule has 1 N–H and O–H groups in total. The van der Waals surface area contributed by atoms with Crippen molar-refractivity contribution in [1.29, 1.82) is 0 Å². The molecule has 0 bridgehead atoms. The summed E-state index contributed by atoms with van der Waals surface area (Å²) in [4.78, 5) is 28.9. The maximum absolute atomic E-state index is 12.1. The van der Waals surface area contributed by atoms with Crippen molar-refractivity contribution < 1.29 is 9.90 Å². The summed E-state index contributed by atoms with van der Waals surface area (Å²) in [5, 5.41) is 9.40. The molecule has 0 saturated heterocycles. The Morgan fingerprint density at radius 1 is 1.41 bits per heavy atom. The molecule has 0 spiro atoms. The molecule has 17 heavy (non-hydrogen) atoms. The molecule has 0 saturated carbocycles. The number of aromatic nitrogens is 2. The highest BCUT2D eigenvalue weighted by molar-refractivity contribution is 7.18. The van der Waals surface area contributed by atoms with E-state index in [1.807, 2.05) is 0 Å². The molecule has 0 radical (unpaired) electrons. The highest BCUT2D eigenvalue weighted by atomic mass is 32.1. The SMILES string of the molecule is O=C(O)n1cnc2sc3c(c2c1=O)CCCC3. The summed E-state index contributed by atoms with van der Waals surface area (Å²) in [5.41, 5.74) is 0.561. The third-order valence-corrected chi connectivity index (χ3v) is 4.28. The van der Waals surface area contributed by atoms with Crippen LogP contribution in [0.4, 0.5) is 4.79 Å². The standard InChI is InChI=1S/C11H10N2O3S/c14-10-8-6-3-1-2-4-7(6)17-9(8)12-5-13(10)11(15)16/h5H,1-4H2,(H,15,16). The maximum Gasteiger partial charge on any atom is 0.419 e. The lowest BCUT2D eigenvalue weighted by molar-refractivity contribution is 0.195. The molecule has 0 amide bonds. The third-order valence-electron chi connectivity index (χ3n) is 3.08. The average Bonchev–Trinajstić information content (AvgIpc) is 2.67. The van der Waals surface area contributed by atoms with Crippen molar-refractivity contribution in [3.05, 3.63) is 27.1 Å². The molecule has 0 aliphatic heterocycles. The van der Waals surface area contributed by atoms with Crippen LogP contribution in [0, 0.1) is 0 Å². The van der Waals surface area contributed by atoms with Crippen LogP contribution in [-0.2, 0) is 12.8 Å². The second-order valence-corrected chi connectivity index (χ2v) is 5.18. The molecule has 0 aromatic carbocycles. The summed E-state index contributed by atoms with van der Waals surface area (Å²) >= 11 is 1.52. The van der Waals surface area contributed by atoms with Gasteiger partial charge in [-0.2, -0.15) is 0 Å². The summed E-state index contributed by atoms with van der Waals surface area (Å²) in [6.45, 7) is 0. The number of rotatable bonds is 0. The number of fused-ring (bicyclic) bond motifs is 3. The average molecular weight is 250 g/mol. The Bertz CT molecular complexity index is 671. The molecule has 3 rings (SSSR count). The van der Waals surface area contributed by atoms with Gasteiger partial charge in [-0.05, 0) is 31.2 Å². The molecule has 1 aliphatic carbocycles. The molecule has 0 atom stereocenters. The van der Waals surface area contributed by atoms with E-state index in [0.717, 1.165) is 37.6 Å². The van der Waals surface area contributed by atoms with Gasteiger partial charge < -0.3 is 5.11 Å². The van der Waals surface area contributed by atoms with Crippen molar-refractivity contribution in [1.82, 2.24) is 9.55 Å². The third kappa shape index (κ3) is 1.48. The van der Waals surface area contributed by atoms with Gasteiger partial charge in [-0.3, -0.25) is 4.79 Å². The fraction of sp³-hybridized carbons (Fsp3) is 0.364. The van der Waals surface area contributed by atoms with E-state index in [1.54, 1.807) is 0 Å². The summed E-state index contributed by atoms with van der Waals surface area (Å²) < 4.78 is 0.657. The summed E-state index contributed by atoms with van der Waals surface area (Å²) in [6, 6.07) is 0. The van der Waals surface area contributed by atoms with Gasteiger partial charge >= 0.3 is 6.09 Å². The Morgan fingerprint density at radius 2 is 2.18 bits per heavy atom. The van der Waals surface area contributed by atoms with E-state index < -0.39 is 11.7 Å². The number of carbonyl (C=O) groups is 1. The predicted molar refractivity (Wildman–Crippen MR) is 63.9 cm³/mol. The van der Waals surface area contributed by atoms with Gasteiger partial charge in [0.1, 0.15) is 11.2 Å². The zero-order valence-electron chi connectivity index (χ0n) is 8.97. The van der Waals surface area contributed by atoms with Gasteiger partial charge in [-0.15, -0.1) is 11.3 Å². The van der Waals surface area contributed by atoms with Gasteiger partial charge in [0.05, 0.1) is 5.39 Å². The maximum atomic E-state index is 12.1. The van der Waals surface area contributed by atoms with Crippen molar-refractivity contribution in [3.8, 4) is 0 Å². The van der Waals surface area contributed by atoms with E-state index in [9.17, 15) is 9.59 Å². The van der Waals surface area contributed by atoms with E-state index >= 15 is 0 Å². The van der Waals surface area contributed by atoms with Crippen LogP contribution < -0.4 is 5.56 Å². The summed E-state index contributed by atoms with van der Waals surface area (Å²) in [7, 11) is 0. The zero-order chi connectivity index (χ0) is 12.0. The minimum atomic E-state index is -1.28. The van der Waals surface area contributed by atoms with E-state index in [1.165, 1.54) is 16.2 Å². The Hall–Kier alpha value is -1.69. The first-order chi connectivity index (χ1) is 8.18. The normalized spacial score (nSPS) is 14.8. The van der Waals surface area contributed by atoms with Gasteiger partial charge in [-0.25, -0.2) is 14.3 Å².